The zero-order valence-electron chi connectivity index (χ0n) is 15.6. The zero-order valence-corrected chi connectivity index (χ0v) is 15.6. The molecule has 0 saturated carbocycles. The Hall–Kier alpha value is -2.55. The summed E-state index contributed by atoms with van der Waals surface area (Å²) >= 11 is 0. The second-order valence-electron chi connectivity index (χ2n) is 7.50. The van der Waals surface area contributed by atoms with Crippen molar-refractivity contribution in [3.05, 3.63) is 71.4 Å². The van der Waals surface area contributed by atoms with E-state index in [0.29, 0.717) is 12.3 Å². The number of carbonyl (C=O) groups is 1. The maximum atomic E-state index is 12.6. The molecule has 3 heteroatoms. The molecule has 0 radical (unpaired) electrons. The van der Waals surface area contributed by atoms with Crippen LogP contribution in [0.2, 0.25) is 0 Å². The van der Waals surface area contributed by atoms with Crippen molar-refractivity contribution in [2.24, 2.45) is 7.05 Å². The lowest BCUT2D eigenvalue weighted by atomic mass is 9.93. The Labute approximate surface area is 155 Å². The van der Waals surface area contributed by atoms with Gasteiger partial charge in [0, 0.05) is 37.3 Å². The average molecular weight is 346 g/mol. The predicted octanol–water partition coefficient (Wildman–Crippen LogP) is 4.44. The van der Waals surface area contributed by atoms with Crippen molar-refractivity contribution in [3.63, 3.8) is 0 Å². The Kier molecular flexibility index (Phi) is 4.54. The van der Waals surface area contributed by atoms with Gasteiger partial charge in [0.2, 0.25) is 5.91 Å². The number of amides is 1. The van der Waals surface area contributed by atoms with Crippen molar-refractivity contribution in [1.29, 1.82) is 0 Å². The lowest BCUT2D eigenvalue weighted by molar-refractivity contribution is -0.131. The molecule has 0 atom stereocenters. The molecular weight excluding hydrogens is 320 g/mol. The number of hydrogen-bond donors (Lipinski definition) is 0. The van der Waals surface area contributed by atoms with Gasteiger partial charge in [0.15, 0.2) is 0 Å². The molecule has 4 rings (SSSR count). The minimum atomic E-state index is 0.254. The number of aromatic nitrogens is 1. The molecule has 134 valence electrons. The van der Waals surface area contributed by atoms with Crippen LogP contribution in [0, 0.1) is 6.92 Å². The zero-order chi connectivity index (χ0) is 18.1. The van der Waals surface area contributed by atoms with E-state index in [-0.39, 0.29) is 5.91 Å². The molecule has 1 aliphatic heterocycles. The molecule has 0 N–H and O–H groups in total. The molecule has 0 bridgehead atoms. The van der Waals surface area contributed by atoms with Gasteiger partial charge in [0.05, 0.1) is 6.42 Å². The molecule has 1 amide bonds. The third kappa shape index (κ3) is 3.26. The van der Waals surface area contributed by atoms with Crippen molar-refractivity contribution < 1.29 is 4.79 Å². The van der Waals surface area contributed by atoms with E-state index in [1.165, 1.54) is 22.2 Å². The van der Waals surface area contributed by atoms with E-state index in [4.69, 9.17) is 0 Å². The smallest absolute Gasteiger partial charge is 0.226 e. The molecule has 2 aromatic carbocycles. The van der Waals surface area contributed by atoms with Gasteiger partial charge in [0.25, 0.3) is 0 Å². The van der Waals surface area contributed by atoms with E-state index in [2.05, 4.69) is 73.1 Å². The molecule has 3 aromatic rings. The summed E-state index contributed by atoms with van der Waals surface area (Å²) in [5.74, 6) is 0.792. The van der Waals surface area contributed by atoms with Gasteiger partial charge < -0.3 is 9.47 Å². The highest BCUT2D eigenvalue weighted by molar-refractivity contribution is 5.81. The lowest BCUT2D eigenvalue weighted by Gasteiger charge is -2.32. The number of fused-ring (bicyclic) bond motifs is 1. The molecule has 2 heterocycles. The Bertz CT molecular complexity index is 915. The third-order valence-electron chi connectivity index (χ3n) is 5.73. The number of para-hydroxylation sites is 1. The Morgan fingerprint density at radius 2 is 1.73 bits per heavy atom. The fourth-order valence-corrected chi connectivity index (χ4v) is 4.12. The standard InChI is InChI=1S/C23H26N2O/c1-17-7-9-18(10-8-17)15-23(26)25-13-11-19(12-14-25)22-16-20-5-3-4-6-21(20)24(22)2/h3-10,16,19H,11-15H2,1-2H3. The van der Waals surface area contributed by atoms with Crippen LogP contribution < -0.4 is 0 Å². The number of carbonyl (C=O) groups excluding carboxylic acids is 1. The number of rotatable bonds is 3. The summed E-state index contributed by atoms with van der Waals surface area (Å²) in [6, 6.07) is 19.2. The number of aryl methyl sites for hydroxylation is 2. The quantitative estimate of drug-likeness (QED) is 0.688. The van der Waals surface area contributed by atoms with Gasteiger partial charge in [-0.2, -0.15) is 0 Å². The fraction of sp³-hybridized carbons (Fsp3) is 0.348. The first kappa shape index (κ1) is 16.9. The first-order valence-corrected chi connectivity index (χ1v) is 9.49. The SMILES string of the molecule is Cc1ccc(CC(=O)N2CCC(c3cc4ccccc4n3C)CC2)cc1. The van der Waals surface area contributed by atoms with Crippen molar-refractivity contribution >= 4 is 16.8 Å². The van der Waals surface area contributed by atoms with Gasteiger partial charge in [-0.3, -0.25) is 4.79 Å². The van der Waals surface area contributed by atoms with E-state index in [1.54, 1.807) is 0 Å². The van der Waals surface area contributed by atoms with Crippen molar-refractivity contribution in [1.82, 2.24) is 9.47 Å². The maximum absolute atomic E-state index is 12.6. The molecule has 26 heavy (non-hydrogen) atoms. The number of benzene rings is 2. The normalized spacial score (nSPS) is 15.5. The number of likely N-dealkylation sites (tertiary alicyclic amines) is 1. The summed E-state index contributed by atoms with van der Waals surface area (Å²) in [4.78, 5) is 14.7. The average Bonchev–Trinajstić information content (AvgIpc) is 3.01. The van der Waals surface area contributed by atoms with Crippen LogP contribution in [0.5, 0.6) is 0 Å². The van der Waals surface area contributed by atoms with Gasteiger partial charge in [-0.25, -0.2) is 0 Å². The van der Waals surface area contributed by atoms with Crippen LogP contribution >= 0.6 is 0 Å². The van der Waals surface area contributed by atoms with E-state index in [9.17, 15) is 4.79 Å². The summed E-state index contributed by atoms with van der Waals surface area (Å²) in [5, 5.41) is 1.31. The highest BCUT2D eigenvalue weighted by atomic mass is 16.2. The minimum Gasteiger partial charge on any atom is -0.347 e. The van der Waals surface area contributed by atoms with E-state index < -0.39 is 0 Å². The third-order valence-corrected chi connectivity index (χ3v) is 5.73. The van der Waals surface area contributed by atoms with Gasteiger partial charge in [-0.1, -0.05) is 48.0 Å². The van der Waals surface area contributed by atoms with Crippen molar-refractivity contribution in [2.75, 3.05) is 13.1 Å². The van der Waals surface area contributed by atoms with Crippen LogP contribution in [0.4, 0.5) is 0 Å². The number of nitrogens with zero attached hydrogens (tertiary/aromatic N) is 2. The summed E-state index contributed by atoms with van der Waals surface area (Å²) < 4.78 is 2.32. The van der Waals surface area contributed by atoms with Gasteiger partial charge >= 0.3 is 0 Å². The Morgan fingerprint density at radius 1 is 1.04 bits per heavy atom. The summed E-state index contributed by atoms with van der Waals surface area (Å²) in [6.07, 6.45) is 2.60. The molecule has 1 aromatic heterocycles. The largest absolute Gasteiger partial charge is 0.347 e. The van der Waals surface area contributed by atoms with Crippen LogP contribution in [0.1, 0.15) is 35.6 Å². The van der Waals surface area contributed by atoms with Crippen molar-refractivity contribution in [3.8, 4) is 0 Å². The second kappa shape index (κ2) is 6.99. The topological polar surface area (TPSA) is 25.2 Å². The van der Waals surface area contributed by atoms with E-state index in [1.807, 2.05) is 4.90 Å². The van der Waals surface area contributed by atoms with Crippen molar-refractivity contribution in [2.45, 2.75) is 32.1 Å². The predicted molar refractivity (Wildman–Crippen MR) is 106 cm³/mol. The monoisotopic (exact) mass is 346 g/mol. The Morgan fingerprint density at radius 3 is 2.42 bits per heavy atom. The molecule has 0 spiro atoms. The maximum Gasteiger partial charge on any atom is 0.226 e. The van der Waals surface area contributed by atoms with Gasteiger partial charge in [-0.15, -0.1) is 0 Å². The number of hydrogen-bond acceptors (Lipinski definition) is 1. The van der Waals surface area contributed by atoms with Crippen LogP contribution in [-0.2, 0) is 18.3 Å². The van der Waals surface area contributed by atoms with Gasteiger partial charge in [0.1, 0.15) is 0 Å². The Balaban J connectivity index is 1.41. The van der Waals surface area contributed by atoms with Crippen LogP contribution in [0.15, 0.2) is 54.6 Å². The van der Waals surface area contributed by atoms with Crippen LogP contribution in [-0.4, -0.2) is 28.5 Å². The summed E-state index contributed by atoms with van der Waals surface area (Å²) in [6.45, 7) is 3.79. The van der Waals surface area contributed by atoms with Gasteiger partial charge in [-0.05, 0) is 42.8 Å². The first-order chi connectivity index (χ1) is 12.6. The lowest BCUT2D eigenvalue weighted by Crippen LogP contribution is -2.39. The number of piperidine rings is 1. The molecule has 1 saturated heterocycles. The molecule has 0 unspecified atom stereocenters. The van der Waals surface area contributed by atoms with Crippen LogP contribution in [0.3, 0.4) is 0 Å². The second-order valence-corrected chi connectivity index (χ2v) is 7.50. The van der Waals surface area contributed by atoms with Crippen LogP contribution in [0.25, 0.3) is 10.9 Å². The fourth-order valence-electron chi connectivity index (χ4n) is 4.12. The van der Waals surface area contributed by atoms with E-state index >= 15 is 0 Å². The minimum absolute atomic E-state index is 0.254. The molecular formula is C23H26N2O. The highest BCUT2D eigenvalue weighted by Crippen LogP contribution is 2.32. The molecule has 1 fully saturated rings. The molecule has 0 aliphatic carbocycles. The highest BCUT2D eigenvalue weighted by Gasteiger charge is 2.25. The summed E-state index contributed by atoms with van der Waals surface area (Å²) in [5.41, 5.74) is 5.03. The first-order valence-electron chi connectivity index (χ1n) is 9.49. The molecule has 1 aliphatic rings. The molecule has 3 nitrogen and oxygen atoms in total. The summed E-state index contributed by atoms with van der Waals surface area (Å²) in [7, 11) is 2.16. The van der Waals surface area contributed by atoms with E-state index in [0.717, 1.165) is 31.5 Å².